The molecule has 0 saturated heterocycles. The van der Waals surface area contributed by atoms with E-state index in [1.807, 2.05) is 48.5 Å². The lowest BCUT2D eigenvalue weighted by Crippen LogP contribution is -1.96. The van der Waals surface area contributed by atoms with Crippen LogP contribution < -0.4 is 4.74 Å². The summed E-state index contributed by atoms with van der Waals surface area (Å²) < 4.78 is 6.78. The van der Waals surface area contributed by atoms with E-state index in [9.17, 15) is 4.79 Å². The van der Waals surface area contributed by atoms with Crippen LogP contribution in [0, 0.1) is 0 Å². The molecule has 0 unspecified atom stereocenters. The second-order valence-corrected chi connectivity index (χ2v) is 6.56. The molecule has 1 aromatic heterocycles. The third kappa shape index (κ3) is 3.97. The number of thiazole rings is 1. The molecule has 4 nitrogen and oxygen atoms in total. The summed E-state index contributed by atoms with van der Waals surface area (Å²) in [5.41, 5.74) is 2.03. The highest BCUT2D eigenvalue weighted by Gasteiger charge is 2.10. The van der Waals surface area contributed by atoms with Crippen molar-refractivity contribution in [3.8, 4) is 16.3 Å². The van der Waals surface area contributed by atoms with Crippen LogP contribution in [-0.4, -0.2) is 16.1 Å². The van der Waals surface area contributed by atoms with Crippen LogP contribution in [0.1, 0.15) is 16.1 Å². The third-order valence-electron chi connectivity index (χ3n) is 3.14. The van der Waals surface area contributed by atoms with Crippen molar-refractivity contribution in [2.24, 2.45) is 0 Å². The molecule has 0 atom stereocenters. The van der Waals surface area contributed by atoms with Crippen molar-refractivity contribution in [3.05, 3.63) is 69.6 Å². The van der Waals surface area contributed by atoms with E-state index < -0.39 is 5.97 Å². The molecule has 116 valence electrons. The largest absolute Gasteiger partial charge is 0.489 e. The summed E-state index contributed by atoms with van der Waals surface area (Å²) >= 11 is 4.71. The Labute approximate surface area is 145 Å². The maximum absolute atomic E-state index is 10.9. The van der Waals surface area contributed by atoms with Crippen molar-refractivity contribution < 1.29 is 14.6 Å². The standard InChI is InChI=1S/C17H12BrNO3S/c18-13-5-1-11(2-6-13)9-22-14-7-3-12(4-8-14)16-19-15(10-23-16)17(20)21/h1-8,10H,9H2,(H,20,21). The quantitative estimate of drug-likeness (QED) is 0.677. The summed E-state index contributed by atoms with van der Waals surface area (Å²) in [4.78, 5) is 14.9. The molecular weight excluding hydrogens is 378 g/mol. The van der Waals surface area contributed by atoms with Crippen LogP contribution in [0.4, 0.5) is 0 Å². The number of carbonyl (C=O) groups is 1. The molecule has 0 fully saturated rings. The lowest BCUT2D eigenvalue weighted by molar-refractivity contribution is 0.0691. The van der Waals surface area contributed by atoms with Crippen LogP contribution in [0.25, 0.3) is 10.6 Å². The Morgan fingerprint density at radius 1 is 1.13 bits per heavy atom. The fourth-order valence-corrected chi connectivity index (χ4v) is 3.01. The summed E-state index contributed by atoms with van der Waals surface area (Å²) in [6.45, 7) is 0.493. The van der Waals surface area contributed by atoms with Gasteiger partial charge in [0.2, 0.25) is 0 Å². The first kappa shape index (κ1) is 15.7. The summed E-state index contributed by atoms with van der Waals surface area (Å²) in [5, 5.41) is 11.1. The van der Waals surface area contributed by atoms with Crippen molar-refractivity contribution in [1.29, 1.82) is 0 Å². The average Bonchev–Trinajstić information content (AvgIpc) is 3.05. The Bertz CT molecular complexity index is 813. The number of hydrogen-bond acceptors (Lipinski definition) is 4. The van der Waals surface area contributed by atoms with Gasteiger partial charge in [-0.15, -0.1) is 11.3 Å². The summed E-state index contributed by atoms with van der Waals surface area (Å²) in [6, 6.07) is 15.4. The molecule has 1 N–H and O–H groups in total. The van der Waals surface area contributed by atoms with Crippen molar-refractivity contribution in [1.82, 2.24) is 4.98 Å². The topological polar surface area (TPSA) is 59.4 Å². The Balaban J connectivity index is 1.66. The van der Waals surface area contributed by atoms with E-state index in [2.05, 4.69) is 20.9 Å². The van der Waals surface area contributed by atoms with E-state index in [0.29, 0.717) is 11.6 Å². The summed E-state index contributed by atoms with van der Waals surface area (Å²) in [6.07, 6.45) is 0. The maximum atomic E-state index is 10.9. The van der Waals surface area contributed by atoms with Gasteiger partial charge in [-0.1, -0.05) is 28.1 Å². The van der Waals surface area contributed by atoms with E-state index in [4.69, 9.17) is 9.84 Å². The number of aromatic carboxylic acids is 1. The van der Waals surface area contributed by atoms with Gasteiger partial charge in [0.25, 0.3) is 0 Å². The Kier molecular flexibility index (Phi) is 4.73. The van der Waals surface area contributed by atoms with Crippen molar-refractivity contribution >= 4 is 33.2 Å². The van der Waals surface area contributed by atoms with Gasteiger partial charge in [0.15, 0.2) is 5.69 Å². The zero-order valence-electron chi connectivity index (χ0n) is 11.9. The highest BCUT2D eigenvalue weighted by Crippen LogP contribution is 2.26. The minimum atomic E-state index is -1.01. The molecule has 0 amide bonds. The predicted octanol–water partition coefficient (Wildman–Crippen LogP) is 4.85. The molecule has 0 aliphatic carbocycles. The maximum Gasteiger partial charge on any atom is 0.355 e. The van der Waals surface area contributed by atoms with E-state index in [1.54, 1.807) is 0 Å². The van der Waals surface area contributed by atoms with E-state index in [-0.39, 0.29) is 5.69 Å². The number of carboxylic acid groups (broad SMARTS) is 1. The van der Waals surface area contributed by atoms with E-state index in [1.165, 1.54) is 16.7 Å². The number of benzene rings is 2. The van der Waals surface area contributed by atoms with Crippen LogP contribution in [0.15, 0.2) is 58.4 Å². The first-order chi connectivity index (χ1) is 11.1. The zero-order chi connectivity index (χ0) is 16.2. The van der Waals surface area contributed by atoms with E-state index >= 15 is 0 Å². The third-order valence-corrected chi connectivity index (χ3v) is 4.56. The van der Waals surface area contributed by atoms with Gasteiger partial charge in [-0.25, -0.2) is 9.78 Å². The molecule has 1 heterocycles. The molecule has 2 aromatic carbocycles. The highest BCUT2D eigenvalue weighted by atomic mass is 79.9. The Hall–Kier alpha value is -2.18. The number of halogens is 1. The molecule has 23 heavy (non-hydrogen) atoms. The molecule has 0 bridgehead atoms. The average molecular weight is 390 g/mol. The van der Waals surface area contributed by atoms with Crippen LogP contribution >= 0.6 is 27.3 Å². The highest BCUT2D eigenvalue weighted by molar-refractivity contribution is 9.10. The molecular formula is C17H12BrNO3S. The fraction of sp³-hybridized carbons (Fsp3) is 0.0588. The molecule has 3 rings (SSSR count). The van der Waals surface area contributed by atoms with Crippen molar-refractivity contribution in [3.63, 3.8) is 0 Å². The van der Waals surface area contributed by atoms with Crippen LogP contribution in [-0.2, 0) is 6.61 Å². The summed E-state index contributed by atoms with van der Waals surface area (Å²) in [5.74, 6) is -0.256. The smallest absolute Gasteiger partial charge is 0.355 e. The summed E-state index contributed by atoms with van der Waals surface area (Å²) in [7, 11) is 0. The number of carboxylic acids is 1. The minimum Gasteiger partial charge on any atom is -0.489 e. The Morgan fingerprint density at radius 2 is 1.83 bits per heavy atom. The van der Waals surface area contributed by atoms with E-state index in [0.717, 1.165) is 21.3 Å². The van der Waals surface area contributed by atoms with Crippen molar-refractivity contribution in [2.75, 3.05) is 0 Å². The number of hydrogen-bond donors (Lipinski definition) is 1. The van der Waals surface area contributed by atoms with Gasteiger partial charge >= 0.3 is 5.97 Å². The van der Waals surface area contributed by atoms with Crippen molar-refractivity contribution in [2.45, 2.75) is 6.61 Å². The van der Waals surface area contributed by atoms with Gasteiger partial charge in [-0.3, -0.25) is 0 Å². The molecule has 0 saturated carbocycles. The van der Waals surface area contributed by atoms with Gasteiger partial charge in [-0.2, -0.15) is 0 Å². The molecule has 0 radical (unpaired) electrons. The fourth-order valence-electron chi connectivity index (χ4n) is 1.95. The second-order valence-electron chi connectivity index (χ2n) is 4.78. The molecule has 6 heteroatoms. The lowest BCUT2D eigenvalue weighted by atomic mass is 10.2. The molecule has 3 aromatic rings. The normalized spacial score (nSPS) is 10.5. The zero-order valence-corrected chi connectivity index (χ0v) is 14.3. The van der Waals surface area contributed by atoms with Crippen LogP contribution in [0.3, 0.4) is 0 Å². The Morgan fingerprint density at radius 3 is 2.43 bits per heavy atom. The van der Waals surface area contributed by atoms with Gasteiger partial charge in [-0.05, 0) is 42.0 Å². The van der Waals surface area contributed by atoms with Crippen LogP contribution in [0.5, 0.6) is 5.75 Å². The van der Waals surface area contributed by atoms with Gasteiger partial charge < -0.3 is 9.84 Å². The first-order valence-electron chi connectivity index (χ1n) is 6.78. The molecule has 0 aliphatic rings. The number of ether oxygens (including phenoxy) is 1. The first-order valence-corrected chi connectivity index (χ1v) is 8.45. The second kappa shape index (κ2) is 6.93. The predicted molar refractivity (Wildman–Crippen MR) is 93.0 cm³/mol. The molecule has 0 aliphatic heterocycles. The molecule has 0 spiro atoms. The number of rotatable bonds is 5. The number of aromatic nitrogens is 1. The lowest BCUT2D eigenvalue weighted by Gasteiger charge is -2.07. The monoisotopic (exact) mass is 389 g/mol. The number of nitrogens with zero attached hydrogens (tertiary/aromatic N) is 1. The van der Waals surface area contributed by atoms with Gasteiger partial charge in [0.05, 0.1) is 0 Å². The van der Waals surface area contributed by atoms with Crippen LogP contribution in [0.2, 0.25) is 0 Å². The SMILES string of the molecule is O=C(O)c1csc(-c2ccc(OCc3ccc(Br)cc3)cc2)n1. The van der Waals surface area contributed by atoms with Gasteiger partial charge in [0, 0.05) is 15.4 Å². The van der Waals surface area contributed by atoms with Gasteiger partial charge in [0.1, 0.15) is 17.4 Å². The minimum absolute atomic E-state index is 0.0700.